The first-order valence-electron chi connectivity index (χ1n) is 10.2. The van der Waals surface area contributed by atoms with Gasteiger partial charge in [-0.2, -0.15) is 4.98 Å². The van der Waals surface area contributed by atoms with Crippen LogP contribution < -0.4 is 22.1 Å². The van der Waals surface area contributed by atoms with E-state index in [2.05, 4.69) is 15.6 Å². The molecular formula is C19H29N5O6. The molecule has 2 fully saturated rings. The van der Waals surface area contributed by atoms with E-state index in [4.69, 9.17) is 19.9 Å². The van der Waals surface area contributed by atoms with Gasteiger partial charge in [-0.25, -0.2) is 9.59 Å². The minimum atomic E-state index is -0.826. The maximum absolute atomic E-state index is 12.6. The van der Waals surface area contributed by atoms with Crippen molar-refractivity contribution in [3.63, 3.8) is 0 Å². The van der Waals surface area contributed by atoms with Crippen LogP contribution in [0.2, 0.25) is 0 Å². The summed E-state index contributed by atoms with van der Waals surface area (Å²) in [6.07, 6.45) is 2.34. The first kappa shape index (κ1) is 22.2. The number of carbonyl (C=O) groups excluding carboxylic acids is 2. The van der Waals surface area contributed by atoms with Gasteiger partial charge >= 0.3 is 11.7 Å². The summed E-state index contributed by atoms with van der Waals surface area (Å²) in [7, 11) is 0. The number of esters is 1. The van der Waals surface area contributed by atoms with Crippen LogP contribution >= 0.6 is 0 Å². The van der Waals surface area contributed by atoms with Gasteiger partial charge in [-0.15, -0.1) is 0 Å². The minimum absolute atomic E-state index is 0.0968. The lowest BCUT2D eigenvalue weighted by atomic mass is 9.98. The Morgan fingerprint density at radius 3 is 2.97 bits per heavy atom. The van der Waals surface area contributed by atoms with E-state index in [0.717, 1.165) is 19.4 Å². The van der Waals surface area contributed by atoms with Crippen LogP contribution in [0, 0.1) is 5.92 Å². The summed E-state index contributed by atoms with van der Waals surface area (Å²) in [5, 5.41) is 5.93. The van der Waals surface area contributed by atoms with Crippen molar-refractivity contribution in [2.45, 2.75) is 57.7 Å². The highest BCUT2D eigenvalue weighted by molar-refractivity contribution is 5.87. The molecule has 0 aliphatic carbocycles. The number of nitrogen functional groups attached to an aromatic ring is 1. The molecule has 0 radical (unpaired) electrons. The molecule has 4 N–H and O–H groups in total. The number of hydrogen-bond acceptors (Lipinski definition) is 9. The molecule has 0 bridgehead atoms. The van der Waals surface area contributed by atoms with Crippen LogP contribution in [0.25, 0.3) is 0 Å². The van der Waals surface area contributed by atoms with E-state index in [-0.39, 0.29) is 36.9 Å². The molecule has 1 amide bonds. The predicted molar refractivity (Wildman–Crippen MR) is 106 cm³/mol. The molecule has 0 saturated carbocycles. The Morgan fingerprint density at radius 1 is 1.50 bits per heavy atom. The van der Waals surface area contributed by atoms with E-state index >= 15 is 0 Å². The Bertz CT molecular complexity index is 809. The van der Waals surface area contributed by atoms with Crippen molar-refractivity contribution in [3.05, 3.63) is 22.7 Å². The molecule has 11 heteroatoms. The van der Waals surface area contributed by atoms with Gasteiger partial charge in [0, 0.05) is 6.20 Å². The lowest BCUT2D eigenvalue weighted by Crippen LogP contribution is -2.51. The van der Waals surface area contributed by atoms with Gasteiger partial charge in [0.15, 0.2) is 12.5 Å². The topological polar surface area (TPSA) is 147 Å². The van der Waals surface area contributed by atoms with Gasteiger partial charge in [0.1, 0.15) is 18.5 Å². The monoisotopic (exact) mass is 423 g/mol. The van der Waals surface area contributed by atoms with Crippen molar-refractivity contribution in [2.24, 2.45) is 5.92 Å². The van der Waals surface area contributed by atoms with Gasteiger partial charge in [-0.05, 0) is 31.4 Å². The molecule has 1 aromatic heterocycles. The maximum Gasteiger partial charge on any atom is 0.351 e. The molecule has 1 aromatic rings. The highest BCUT2D eigenvalue weighted by Gasteiger charge is 2.33. The summed E-state index contributed by atoms with van der Waals surface area (Å²) >= 11 is 0. The molecule has 0 aromatic carbocycles. The number of nitrogens with two attached hydrogens (primary N) is 1. The van der Waals surface area contributed by atoms with E-state index in [1.54, 1.807) is 0 Å². The summed E-state index contributed by atoms with van der Waals surface area (Å²) in [6, 6.07) is 0.445. The first-order valence-corrected chi connectivity index (χ1v) is 10.2. The third-order valence-corrected chi connectivity index (χ3v) is 5.40. The average molecular weight is 423 g/mol. The second-order valence-corrected chi connectivity index (χ2v) is 7.55. The summed E-state index contributed by atoms with van der Waals surface area (Å²) in [5.41, 5.74) is 4.93. The average Bonchev–Trinajstić information content (AvgIpc) is 3.41. The Kier molecular flexibility index (Phi) is 7.40. The number of ether oxygens (including phenoxy) is 3. The maximum atomic E-state index is 12.6. The molecule has 0 spiro atoms. The molecule has 3 heterocycles. The van der Waals surface area contributed by atoms with Crippen LogP contribution in [0.1, 0.15) is 39.3 Å². The Morgan fingerprint density at radius 2 is 2.30 bits per heavy atom. The summed E-state index contributed by atoms with van der Waals surface area (Å²) in [6.45, 7) is 4.56. The van der Waals surface area contributed by atoms with Crippen molar-refractivity contribution >= 4 is 17.7 Å². The van der Waals surface area contributed by atoms with Crippen LogP contribution in [0.4, 0.5) is 5.82 Å². The van der Waals surface area contributed by atoms with Gasteiger partial charge in [-0.1, -0.05) is 20.3 Å². The van der Waals surface area contributed by atoms with Gasteiger partial charge in [0.05, 0.1) is 12.6 Å². The molecular weight excluding hydrogens is 394 g/mol. The van der Waals surface area contributed by atoms with Crippen LogP contribution in [0.15, 0.2) is 17.1 Å². The van der Waals surface area contributed by atoms with E-state index < -0.39 is 30.2 Å². The molecule has 3 unspecified atom stereocenters. The summed E-state index contributed by atoms with van der Waals surface area (Å²) in [4.78, 5) is 40.6. The Hall–Kier alpha value is -2.50. The van der Waals surface area contributed by atoms with Gasteiger partial charge in [-0.3, -0.25) is 9.36 Å². The van der Waals surface area contributed by atoms with Crippen molar-refractivity contribution in [3.8, 4) is 0 Å². The van der Waals surface area contributed by atoms with E-state index in [1.165, 1.54) is 16.8 Å². The number of hydrogen-bond donors (Lipinski definition) is 3. The molecule has 2 aliphatic heterocycles. The Balaban J connectivity index is 1.53. The zero-order valence-corrected chi connectivity index (χ0v) is 17.2. The third-order valence-electron chi connectivity index (χ3n) is 5.40. The van der Waals surface area contributed by atoms with Crippen molar-refractivity contribution in [1.29, 1.82) is 0 Å². The standard InChI is InChI=1S/C19H29N5O6/c1-3-11(2)16(23-17(25)12-5-4-7-21-12)18(26)29-10-15-28-9-14(30-15)24-8-6-13(20)22-19(24)27/h6,8,11-12,14-16,21H,3-5,7,9-10H2,1-2H3,(H,23,25)(H2,20,22,27)/t11?,12?,14-,15-,16?/m0/s1. The van der Waals surface area contributed by atoms with E-state index in [1.807, 2.05) is 13.8 Å². The number of nitrogens with one attached hydrogen (secondary N) is 2. The lowest BCUT2D eigenvalue weighted by Gasteiger charge is -2.24. The number of aromatic nitrogens is 2. The van der Waals surface area contributed by atoms with Gasteiger partial charge in [0.2, 0.25) is 5.91 Å². The normalized spacial score (nSPS) is 25.6. The van der Waals surface area contributed by atoms with Gasteiger partial charge < -0.3 is 30.6 Å². The zero-order valence-electron chi connectivity index (χ0n) is 17.2. The van der Waals surface area contributed by atoms with Crippen LogP contribution in [0.3, 0.4) is 0 Å². The zero-order chi connectivity index (χ0) is 21.7. The molecule has 3 rings (SSSR count). The minimum Gasteiger partial charge on any atom is -0.459 e. The second kappa shape index (κ2) is 10.0. The summed E-state index contributed by atoms with van der Waals surface area (Å²) < 4.78 is 17.7. The predicted octanol–water partition coefficient (Wildman–Crippen LogP) is -0.477. The SMILES string of the molecule is CCC(C)C(NC(=O)C1CCCN1)C(=O)OC[C@H]1OC[C@@H](n2ccc(N)nc2=O)O1. The largest absolute Gasteiger partial charge is 0.459 e. The molecule has 11 nitrogen and oxygen atoms in total. The molecule has 30 heavy (non-hydrogen) atoms. The Labute approximate surface area is 174 Å². The highest BCUT2D eigenvalue weighted by atomic mass is 16.7. The number of nitrogens with zero attached hydrogens (tertiary/aromatic N) is 2. The number of amides is 1. The molecule has 2 aliphatic rings. The quantitative estimate of drug-likeness (QED) is 0.472. The van der Waals surface area contributed by atoms with E-state index in [9.17, 15) is 14.4 Å². The van der Waals surface area contributed by atoms with Crippen LogP contribution in [0.5, 0.6) is 0 Å². The number of anilines is 1. The summed E-state index contributed by atoms with van der Waals surface area (Å²) in [5.74, 6) is -0.719. The molecule has 2 saturated heterocycles. The lowest BCUT2D eigenvalue weighted by molar-refractivity contribution is -0.163. The van der Waals surface area contributed by atoms with Crippen molar-refractivity contribution in [2.75, 3.05) is 25.5 Å². The third kappa shape index (κ3) is 5.35. The second-order valence-electron chi connectivity index (χ2n) is 7.55. The fourth-order valence-corrected chi connectivity index (χ4v) is 3.39. The van der Waals surface area contributed by atoms with Gasteiger partial charge in [0.25, 0.3) is 0 Å². The van der Waals surface area contributed by atoms with Crippen molar-refractivity contribution in [1.82, 2.24) is 20.2 Å². The van der Waals surface area contributed by atoms with Crippen molar-refractivity contribution < 1.29 is 23.8 Å². The number of rotatable bonds is 8. The highest BCUT2D eigenvalue weighted by Crippen LogP contribution is 2.20. The van der Waals surface area contributed by atoms with Crippen LogP contribution in [-0.2, 0) is 23.8 Å². The smallest absolute Gasteiger partial charge is 0.351 e. The molecule has 5 atom stereocenters. The first-order chi connectivity index (χ1) is 14.4. The fraction of sp³-hybridized carbons (Fsp3) is 0.684. The van der Waals surface area contributed by atoms with E-state index in [0.29, 0.717) is 6.42 Å². The van der Waals surface area contributed by atoms with Crippen LogP contribution in [-0.4, -0.2) is 59.6 Å². The fourth-order valence-electron chi connectivity index (χ4n) is 3.39. The molecule has 166 valence electrons. The number of carbonyl (C=O) groups is 2.